The number of carbonyl (C=O) groups is 2. The van der Waals surface area contributed by atoms with Gasteiger partial charge in [0.15, 0.2) is 0 Å². The van der Waals surface area contributed by atoms with Crippen LogP contribution in [0.2, 0.25) is 0 Å². The van der Waals surface area contributed by atoms with Crippen molar-refractivity contribution in [2.75, 3.05) is 13.1 Å². The van der Waals surface area contributed by atoms with E-state index in [0.717, 1.165) is 16.7 Å². The van der Waals surface area contributed by atoms with E-state index in [-0.39, 0.29) is 22.6 Å². The van der Waals surface area contributed by atoms with Crippen LogP contribution >= 0.6 is 11.8 Å². The number of hydrogen-bond acceptors (Lipinski definition) is 6. The first-order valence-electron chi connectivity index (χ1n) is 6.90. The fourth-order valence-corrected chi connectivity index (χ4v) is 2.85. The zero-order valence-electron chi connectivity index (χ0n) is 12.2. The molecule has 0 unspecified atom stereocenters. The highest BCUT2D eigenvalue weighted by atomic mass is 32.2. The lowest BCUT2D eigenvalue weighted by molar-refractivity contribution is -0.126. The molecular weight excluding hydrogens is 323 g/mol. The topological polar surface area (TPSA) is 88.3 Å². The summed E-state index contributed by atoms with van der Waals surface area (Å²) in [6.45, 7) is 2.43. The number of imide groups is 1. The number of amides is 3. The van der Waals surface area contributed by atoms with Crippen molar-refractivity contribution in [1.82, 2.24) is 20.4 Å². The lowest BCUT2D eigenvalue weighted by Gasteiger charge is -2.15. The van der Waals surface area contributed by atoms with E-state index >= 15 is 0 Å². The molecule has 0 radical (unpaired) electrons. The first-order chi connectivity index (χ1) is 11.1. The normalized spacial score (nSPS) is 15.6. The highest BCUT2D eigenvalue weighted by Crippen LogP contribution is 2.28. The van der Waals surface area contributed by atoms with Gasteiger partial charge in [-0.3, -0.25) is 9.69 Å². The van der Waals surface area contributed by atoms with Gasteiger partial charge in [-0.2, -0.15) is 0 Å². The molecule has 0 saturated carbocycles. The van der Waals surface area contributed by atoms with Gasteiger partial charge in [0.2, 0.25) is 5.91 Å². The third-order valence-corrected chi connectivity index (χ3v) is 4.18. The Kier molecular flexibility index (Phi) is 4.28. The summed E-state index contributed by atoms with van der Waals surface area (Å²) in [4.78, 5) is 24.8. The predicted molar refractivity (Wildman–Crippen MR) is 80.1 cm³/mol. The summed E-state index contributed by atoms with van der Waals surface area (Å²) in [6, 6.07) is 5.64. The van der Waals surface area contributed by atoms with Crippen LogP contribution < -0.4 is 5.32 Å². The summed E-state index contributed by atoms with van der Waals surface area (Å²) in [5.41, 5.74) is 0.199. The molecule has 1 N–H and O–H groups in total. The zero-order chi connectivity index (χ0) is 16.4. The van der Waals surface area contributed by atoms with Crippen molar-refractivity contribution in [3.63, 3.8) is 0 Å². The van der Waals surface area contributed by atoms with Gasteiger partial charge in [-0.05, 0) is 19.1 Å². The number of benzene rings is 1. The van der Waals surface area contributed by atoms with Gasteiger partial charge in [0.05, 0.1) is 10.8 Å². The van der Waals surface area contributed by atoms with E-state index < -0.39 is 17.1 Å². The molecule has 0 bridgehead atoms. The maximum absolute atomic E-state index is 13.7. The minimum absolute atomic E-state index is 0.0455. The summed E-state index contributed by atoms with van der Waals surface area (Å²) >= 11 is 1.03. The Morgan fingerprint density at radius 3 is 2.91 bits per heavy atom. The molecule has 3 amide bonds. The number of rotatable bonds is 4. The second-order valence-electron chi connectivity index (χ2n) is 4.83. The molecule has 1 saturated heterocycles. The maximum atomic E-state index is 13.7. The number of nitrogens with one attached hydrogen (secondary N) is 1. The van der Waals surface area contributed by atoms with Crippen LogP contribution in [-0.4, -0.2) is 45.4 Å². The Bertz CT molecular complexity index is 751. The number of carbonyl (C=O) groups excluding carboxylic acids is 2. The second kappa shape index (κ2) is 6.37. The standard InChI is InChI=1S/C14H13FN4O3S/c1-8(12(20)19-7-6-16-13(19)21)23-14-18-17-11(22-14)9-4-2-3-5-10(9)15/h2-5,8H,6-7H2,1H3,(H,16,21)/t8-/m0/s1. The average Bonchev–Trinajstić information content (AvgIpc) is 3.16. The SMILES string of the molecule is C[C@H](Sc1nnc(-c2ccccc2F)o1)C(=O)N1CCNC1=O. The minimum Gasteiger partial charge on any atom is -0.411 e. The largest absolute Gasteiger partial charge is 0.411 e. The first-order valence-corrected chi connectivity index (χ1v) is 7.78. The molecule has 1 fully saturated rings. The second-order valence-corrected chi connectivity index (χ2v) is 6.13. The van der Waals surface area contributed by atoms with Crippen molar-refractivity contribution in [2.45, 2.75) is 17.4 Å². The monoisotopic (exact) mass is 336 g/mol. The highest BCUT2D eigenvalue weighted by molar-refractivity contribution is 8.00. The van der Waals surface area contributed by atoms with Gasteiger partial charge in [0, 0.05) is 13.1 Å². The molecule has 2 heterocycles. The van der Waals surface area contributed by atoms with Crippen LogP contribution in [0.15, 0.2) is 33.9 Å². The molecule has 3 rings (SSSR count). The Morgan fingerprint density at radius 2 is 2.22 bits per heavy atom. The van der Waals surface area contributed by atoms with E-state index in [2.05, 4.69) is 15.5 Å². The summed E-state index contributed by atoms with van der Waals surface area (Å²) in [5.74, 6) is -0.759. The van der Waals surface area contributed by atoms with E-state index in [0.29, 0.717) is 13.1 Å². The molecule has 0 aliphatic carbocycles. The van der Waals surface area contributed by atoms with Crippen LogP contribution in [0.4, 0.5) is 9.18 Å². The highest BCUT2D eigenvalue weighted by Gasteiger charge is 2.31. The van der Waals surface area contributed by atoms with E-state index in [9.17, 15) is 14.0 Å². The fourth-order valence-electron chi connectivity index (χ4n) is 2.10. The van der Waals surface area contributed by atoms with E-state index in [4.69, 9.17) is 4.42 Å². The summed E-state index contributed by atoms with van der Waals surface area (Å²) in [6.07, 6.45) is 0. The van der Waals surface area contributed by atoms with Gasteiger partial charge < -0.3 is 9.73 Å². The molecule has 1 aromatic carbocycles. The summed E-state index contributed by atoms with van der Waals surface area (Å²) < 4.78 is 19.1. The lowest BCUT2D eigenvalue weighted by Crippen LogP contribution is -2.38. The quantitative estimate of drug-likeness (QED) is 0.858. The van der Waals surface area contributed by atoms with Crippen LogP contribution in [0, 0.1) is 5.82 Å². The van der Waals surface area contributed by atoms with Crippen molar-refractivity contribution >= 4 is 23.7 Å². The Balaban J connectivity index is 1.70. The molecule has 9 heteroatoms. The van der Waals surface area contributed by atoms with Crippen molar-refractivity contribution in [3.05, 3.63) is 30.1 Å². The molecule has 1 atom stereocenters. The lowest BCUT2D eigenvalue weighted by atomic mass is 10.2. The third kappa shape index (κ3) is 3.19. The van der Waals surface area contributed by atoms with Gasteiger partial charge in [-0.15, -0.1) is 10.2 Å². The molecule has 23 heavy (non-hydrogen) atoms. The average molecular weight is 336 g/mol. The molecule has 120 valence electrons. The maximum Gasteiger partial charge on any atom is 0.324 e. The van der Waals surface area contributed by atoms with Crippen LogP contribution in [0.1, 0.15) is 6.92 Å². The molecule has 1 aromatic heterocycles. The van der Waals surface area contributed by atoms with Gasteiger partial charge >= 0.3 is 6.03 Å². The van der Waals surface area contributed by atoms with E-state index in [1.54, 1.807) is 19.1 Å². The third-order valence-electron chi connectivity index (χ3n) is 3.26. The van der Waals surface area contributed by atoms with Crippen LogP contribution in [0.25, 0.3) is 11.5 Å². The van der Waals surface area contributed by atoms with Crippen molar-refractivity contribution in [2.24, 2.45) is 0 Å². The Hall–Kier alpha value is -2.42. The smallest absolute Gasteiger partial charge is 0.324 e. The predicted octanol–water partition coefficient (Wildman–Crippen LogP) is 1.91. The Morgan fingerprint density at radius 1 is 1.43 bits per heavy atom. The molecule has 2 aromatic rings. The number of aromatic nitrogens is 2. The van der Waals surface area contributed by atoms with Gasteiger partial charge in [0.25, 0.3) is 11.1 Å². The number of hydrogen-bond donors (Lipinski definition) is 1. The molecule has 1 aliphatic rings. The van der Waals surface area contributed by atoms with Gasteiger partial charge in [-0.1, -0.05) is 23.9 Å². The van der Waals surface area contributed by atoms with E-state index in [1.807, 2.05) is 0 Å². The van der Waals surface area contributed by atoms with Crippen LogP contribution in [0.5, 0.6) is 0 Å². The molecule has 1 aliphatic heterocycles. The minimum atomic E-state index is -0.576. The summed E-state index contributed by atoms with van der Waals surface area (Å²) in [5, 5.41) is 9.73. The van der Waals surface area contributed by atoms with Crippen molar-refractivity contribution in [1.29, 1.82) is 0 Å². The molecule has 0 spiro atoms. The van der Waals surface area contributed by atoms with Crippen LogP contribution in [-0.2, 0) is 4.79 Å². The van der Waals surface area contributed by atoms with Crippen molar-refractivity contribution < 1.29 is 18.4 Å². The van der Waals surface area contributed by atoms with Gasteiger partial charge in [-0.25, -0.2) is 9.18 Å². The zero-order valence-corrected chi connectivity index (χ0v) is 13.0. The number of urea groups is 1. The summed E-state index contributed by atoms with van der Waals surface area (Å²) in [7, 11) is 0. The van der Waals surface area contributed by atoms with E-state index in [1.165, 1.54) is 12.1 Å². The first kappa shape index (κ1) is 15.5. The number of nitrogens with zero attached hydrogens (tertiary/aromatic N) is 3. The number of halogens is 1. The fraction of sp³-hybridized carbons (Fsp3) is 0.286. The van der Waals surface area contributed by atoms with Gasteiger partial charge in [0.1, 0.15) is 5.82 Å². The Labute approximate surface area is 135 Å². The van der Waals surface area contributed by atoms with Crippen molar-refractivity contribution in [3.8, 4) is 11.5 Å². The number of thioether (sulfide) groups is 1. The molecular formula is C14H13FN4O3S. The van der Waals surface area contributed by atoms with Crippen LogP contribution in [0.3, 0.4) is 0 Å². The molecule has 7 nitrogen and oxygen atoms in total.